The third-order valence-electron chi connectivity index (χ3n) is 2.13. The molecule has 0 bridgehead atoms. The van der Waals surface area contributed by atoms with Crippen molar-refractivity contribution in [3.8, 4) is 0 Å². The maximum Gasteiger partial charge on any atom is 0.224 e. The maximum absolute atomic E-state index is 11.6. The van der Waals surface area contributed by atoms with E-state index in [2.05, 4.69) is 5.32 Å². The standard InChI is InChI=1S/C12H17NO2S/c1-15-9-5-8-12(14)13-10-6-3-4-7-11(10)16-2/h3-4,6-7H,5,8-9H2,1-2H3,(H,13,14). The Morgan fingerprint density at radius 2 is 2.19 bits per heavy atom. The van der Waals surface area contributed by atoms with Gasteiger partial charge in [-0.25, -0.2) is 0 Å². The molecule has 0 atom stereocenters. The van der Waals surface area contributed by atoms with Gasteiger partial charge < -0.3 is 10.1 Å². The quantitative estimate of drug-likeness (QED) is 0.613. The maximum atomic E-state index is 11.6. The van der Waals surface area contributed by atoms with Crippen LogP contribution in [0.3, 0.4) is 0 Å². The van der Waals surface area contributed by atoms with Crippen molar-refractivity contribution >= 4 is 23.4 Å². The van der Waals surface area contributed by atoms with E-state index in [4.69, 9.17) is 4.74 Å². The van der Waals surface area contributed by atoms with E-state index in [-0.39, 0.29) is 5.91 Å². The van der Waals surface area contributed by atoms with Gasteiger partial charge in [0.05, 0.1) is 5.69 Å². The summed E-state index contributed by atoms with van der Waals surface area (Å²) in [4.78, 5) is 12.7. The van der Waals surface area contributed by atoms with Gasteiger partial charge in [-0.2, -0.15) is 0 Å². The molecule has 16 heavy (non-hydrogen) atoms. The average Bonchev–Trinajstić information content (AvgIpc) is 2.30. The summed E-state index contributed by atoms with van der Waals surface area (Å²) in [5.74, 6) is 0.0403. The van der Waals surface area contributed by atoms with Crippen molar-refractivity contribution in [2.45, 2.75) is 17.7 Å². The van der Waals surface area contributed by atoms with Crippen LogP contribution in [0.5, 0.6) is 0 Å². The van der Waals surface area contributed by atoms with Crippen LogP contribution in [0.4, 0.5) is 5.69 Å². The van der Waals surface area contributed by atoms with Gasteiger partial charge in [0, 0.05) is 25.0 Å². The van der Waals surface area contributed by atoms with Crippen molar-refractivity contribution in [1.29, 1.82) is 0 Å². The largest absolute Gasteiger partial charge is 0.385 e. The molecule has 0 aliphatic heterocycles. The third kappa shape index (κ3) is 4.24. The number of para-hydroxylation sites is 1. The van der Waals surface area contributed by atoms with E-state index in [1.807, 2.05) is 30.5 Å². The lowest BCUT2D eigenvalue weighted by Gasteiger charge is -2.08. The molecule has 0 saturated heterocycles. The van der Waals surface area contributed by atoms with E-state index in [0.717, 1.165) is 17.0 Å². The number of anilines is 1. The van der Waals surface area contributed by atoms with Crippen molar-refractivity contribution in [2.75, 3.05) is 25.3 Å². The van der Waals surface area contributed by atoms with Gasteiger partial charge in [-0.15, -0.1) is 11.8 Å². The highest BCUT2D eigenvalue weighted by Crippen LogP contribution is 2.24. The van der Waals surface area contributed by atoms with Crippen molar-refractivity contribution in [2.24, 2.45) is 0 Å². The molecule has 1 amide bonds. The Morgan fingerprint density at radius 3 is 2.88 bits per heavy atom. The zero-order valence-electron chi connectivity index (χ0n) is 9.66. The molecule has 0 heterocycles. The van der Waals surface area contributed by atoms with Crippen molar-refractivity contribution in [1.82, 2.24) is 0 Å². The van der Waals surface area contributed by atoms with Crippen LogP contribution >= 0.6 is 11.8 Å². The molecule has 0 aromatic heterocycles. The molecule has 0 aliphatic carbocycles. The number of hydrogen-bond acceptors (Lipinski definition) is 3. The first-order valence-corrected chi connectivity index (χ1v) is 6.42. The predicted octanol–water partition coefficient (Wildman–Crippen LogP) is 2.77. The first-order valence-electron chi connectivity index (χ1n) is 5.19. The summed E-state index contributed by atoms with van der Waals surface area (Å²) >= 11 is 1.63. The zero-order valence-corrected chi connectivity index (χ0v) is 10.5. The van der Waals surface area contributed by atoms with Crippen molar-refractivity contribution < 1.29 is 9.53 Å². The Labute approximate surface area is 101 Å². The Balaban J connectivity index is 2.49. The first-order chi connectivity index (χ1) is 7.77. The number of carbonyl (C=O) groups is 1. The molecule has 4 heteroatoms. The highest BCUT2D eigenvalue weighted by molar-refractivity contribution is 7.98. The Hall–Kier alpha value is -1.00. The van der Waals surface area contributed by atoms with Crippen LogP contribution in [0.2, 0.25) is 0 Å². The molecule has 0 spiro atoms. The normalized spacial score (nSPS) is 10.1. The molecular formula is C12H17NO2S. The summed E-state index contributed by atoms with van der Waals surface area (Å²) in [5, 5.41) is 2.91. The smallest absolute Gasteiger partial charge is 0.224 e. The number of thioether (sulfide) groups is 1. The molecular weight excluding hydrogens is 222 g/mol. The van der Waals surface area contributed by atoms with Crippen molar-refractivity contribution in [3.63, 3.8) is 0 Å². The minimum atomic E-state index is 0.0403. The fourth-order valence-corrected chi connectivity index (χ4v) is 1.89. The second kappa shape index (κ2) is 7.30. The van der Waals surface area contributed by atoms with Crippen LogP contribution in [-0.2, 0) is 9.53 Å². The Kier molecular flexibility index (Phi) is 5.96. The fourth-order valence-electron chi connectivity index (χ4n) is 1.34. The molecule has 88 valence electrons. The first kappa shape index (κ1) is 13.1. The number of benzene rings is 1. The molecule has 0 radical (unpaired) electrons. The zero-order chi connectivity index (χ0) is 11.8. The summed E-state index contributed by atoms with van der Waals surface area (Å²) in [6.07, 6.45) is 3.25. The topological polar surface area (TPSA) is 38.3 Å². The number of nitrogens with one attached hydrogen (secondary N) is 1. The van der Waals surface area contributed by atoms with Gasteiger partial charge in [0.2, 0.25) is 5.91 Å². The lowest BCUT2D eigenvalue weighted by Crippen LogP contribution is -2.12. The molecule has 1 rings (SSSR count). The van der Waals surface area contributed by atoms with Gasteiger partial charge in [0.1, 0.15) is 0 Å². The van der Waals surface area contributed by atoms with E-state index in [1.165, 1.54) is 0 Å². The lowest BCUT2D eigenvalue weighted by atomic mass is 10.2. The lowest BCUT2D eigenvalue weighted by molar-refractivity contribution is -0.116. The predicted molar refractivity (Wildman–Crippen MR) is 68.0 cm³/mol. The van der Waals surface area contributed by atoms with Gasteiger partial charge >= 0.3 is 0 Å². The highest BCUT2D eigenvalue weighted by Gasteiger charge is 2.05. The fraction of sp³-hybridized carbons (Fsp3) is 0.417. The number of hydrogen-bond donors (Lipinski definition) is 1. The molecule has 1 aromatic carbocycles. The number of carbonyl (C=O) groups excluding carboxylic acids is 1. The average molecular weight is 239 g/mol. The molecule has 0 saturated carbocycles. The van der Waals surface area contributed by atoms with Crippen LogP contribution in [0.1, 0.15) is 12.8 Å². The number of ether oxygens (including phenoxy) is 1. The van der Waals surface area contributed by atoms with Crippen LogP contribution in [0, 0.1) is 0 Å². The summed E-state index contributed by atoms with van der Waals surface area (Å²) in [7, 11) is 1.64. The summed E-state index contributed by atoms with van der Waals surface area (Å²) in [6, 6.07) is 7.80. The minimum Gasteiger partial charge on any atom is -0.385 e. The summed E-state index contributed by atoms with van der Waals surface area (Å²) < 4.78 is 4.90. The highest BCUT2D eigenvalue weighted by atomic mass is 32.2. The molecule has 0 fully saturated rings. The number of methoxy groups -OCH3 is 1. The molecule has 1 N–H and O–H groups in total. The second-order valence-electron chi connectivity index (χ2n) is 3.34. The SMILES string of the molecule is COCCCC(=O)Nc1ccccc1SC. The van der Waals surface area contributed by atoms with Crippen LogP contribution < -0.4 is 5.32 Å². The Bertz CT molecular complexity index is 342. The minimum absolute atomic E-state index is 0.0403. The molecule has 1 aromatic rings. The molecule has 3 nitrogen and oxygen atoms in total. The van der Waals surface area contributed by atoms with E-state index >= 15 is 0 Å². The second-order valence-corrected chi connectivity index (χ2v) is 4.19. The van der Waals surface area contributed by atoms with Crippen LogP contribution in [0.25, 0.3) is 0 Å². The van der Waals surface area contributed by atoms with Crippen molar-refractivity contribution in [3.05, 3.63) is 24.3 Å². The van der Waals surface area contributed by atoms with Crippen LogP contribution in [0.15, 0.2) is 29.2 Å². The number of rotatable bonds is 6. The van der Waals surface area contributed by atoms with Crippen LogP contribution in [-0.4, -0.2) is 25.9 Å². The van der Waals surface area contributed by atoms with Gasteiger partial charge in [-0.05, 0) is 24.8 Å². The van der Waals surface area contributed by atoms with Gasteiger partial charge in [-0.3, -0.25) is 4.79 Å². The molecule has 0 unspecified atom stereocenters. The third-order valence-corrected chi connectivity index (χ3v) is 2.93. The summed E-state index contributed by atoms with van der Waals surface area (Å²) in [5.41, 5.74) is 0.886. The molecule has 0 aliphatic rings. The Morgan fingerprint density at radius 1 is 1.44 bits per heavy atom. The van der Waals surface area contributed by atoms with Gasteiger partial charge in [0.25, 0.3) is 0 Å². The van der Waals surface area contributed by atoms with E-state index < -0.39 is 0 Å². The van der Waals surface area contributed by atoms with Gasteiger partial charge in [0.15, 0.2) is 0 Å². The van der Waals surface area contributed by atoms with E-state index in [9.17, 15) is 4.79 Å². The monoisotopic (exact) mass is 239 g/mol. The van der Waals surface area contributed by atoms with Gasteiger partial charge in [-0.1, -0.05) is 12.1 Å². The van der Waals surface area contributed by atoms with E-state index in [1.54, 1.807) is 18.9 Å². The van der Waals surface area contributed by atoms with E-state index in [0.29, 0.717) is 13.0 Å². The summed E-state index contributed by atoms with van der Waals surface area (Å²) in [6.45, 7) is 0.623. The number of amides is 1.